The Morgan fingerprint density at radius 1 is 1.69 bits per heavy atom. The van der Waals surface area contributed by atoms with E-state index in [0.29, 0.717) is 19.5 Å². The van der Waals surface area contributed by atoms with Gasteiger partial charge in [0.15, 0.2) is 0 Å². The summed E-state index contributed by atoms with van der Waals surface area (Å²) in [7, 11) is 0. The number of amides is 1. The van der Waals surface area contributed by atoms with Crippen molar-refractivity contribution in [3.8, 4) is 0 Å². The molecular weight excluding hydrogens is 168 g/mol. The number of hydrogen-bond donors (Lipinski definition) is 1. The van der Waals surface area contributed by atoms with Gasteiger partial charge in [-0.1, -0.05) is 13.8 Å². The summed E-state index contributed by atoms with van der Waals surface area (Å²) in [5, 5.41) is 1.44. The van der Waals surface area contributed by atoms with E-state index in [1.165, 1.54) is 5.06 Å². The molecule has 76 valence electrons. The molecule has 13 heavy (non-hydrogen) atoms. The maximum Gasteiger partial charge on any atom is 0.248 e. The monoisotopic (exact) mass is 186 g/mol. The average Bonchev–Trinajstić information content (AvgIpc) is 2.30. The normalized spacial score (nSPS) is 24.2. The predicted octanol–water partition coefficient (Wildman–Crippen LogP) is 0.524. The van der Waals surface area contributed by atoms with Crippen LogP contribution in [0.1, 0.15) is 27.2 Å². The summed E-state index contributed by atoms with van der Waals surface area (Å²) < 4.78 is 0. The van der Waals surface area contributed by atoms with E-state index in [1.54, 1.807) is 0 Å². The fraction of sp³-hybridized carbons (Fsp3) is 0.889. The molecule has 0 aromatic carbocycles. The van der Waals surface area contributed by atoms with Gasteiger partial charge in [-0.25, -0.2) is 5.06 Å². The van der Waals surface area contributed by atoms with Gasteiger partial charge in [0.25, 0.3) is 0 Å². The molecule has 2 N–H and O–H groups in total. The van der Waals surface area contributed by atoms with E-state index in [9.17, 15) is 4.79 Å². The molecular formula is C9H18N2O2. The zero-order valence-electron chi connectivity index (χ0n) is 8.54. The van der Waals surface area contributed by atoms with Crippen LogP contribution in [-0.2, 0) is 9.63 Å². The standard InChI is InChI=1S/C9H18N2O2/c1-7-4-8(12)11(13-7)6-9(2,3)5-10/h7H,4-6,10H2,1-3H3. The number of hydrogen-bond acceptors (Lipinski definition) is 3. The van der Waals surface area contributed by atoms with Crippen molar-refractivity contribution in [1.29, 1.82) is 0 Å². The number of carbonyl (C=O) groups excluding carboxylic acids is 1. The van der Waals surface area contributed by atoms with Crippen LogP contribution in [0.4, 0.5) is 0 Å². The van der Waals surface area contributed by atoms with Crippen molar-refractivity contribution in [2.45, 2.75) is 33.3 Å². The van der Waals surface area contributed by atoms with Gasteiger partial charge in [0.1, 0.15) is 0 Å². The van der Waals surface area contributed by atoms with Gasteiger partial charge in [0, 0.05) is 0 Å². The molecule has 1 aliphatic heterocycles. The Hall–Kier alpha value is -0.610. The third-order valence-corrected chi connectivity index (χ3v) is 2.17. The summed E-state index contributed by atoms with van der Waals surface area (Å²) in [5.74, 6) is 0.0639. The highest BCUT2D eigenvalue weighted by Crippen LogP contribution is 2.21. The number of nitrogens with zero attached hydrogens (tertiary/aromatic N) is 1. The molecule has 0 aromatic rings. The molecule has 1 fully saturated rings. The van der Waals surface area contributed by atoms with Gasteiger partial charge in [-0.15, -0.1) is 0 Å². The van der Waals surface area contributed by atoms with Crippen LogP contribution in [0.15, 0.2) is 0 Å². The molecule has 0 spiro atoms. The highest BCUT2D eigenvalue weighted by molar-refractivity contribution is 5.77. The van der Waals surface area contributed by atoms with Gasteiger partial charge in [0.2, 0.25) is 5.91 Å². The van der Waals surface area contributed by atoms with Crippen LogP contribution < -0.4 is 5.73 Å². The van der Waals surface area contributed by atoms with E-state index >= 15 is 0 Å². The van der Waals surface area contributed by atoms with E-state index in [1.807, 2.05) is 20.8 Å². The molecule has 0 radical (unpaired) electrons. The number of carbonyl (C=O) groups is 1. The SMILES string of the molecule is CC1CC(=O)N(CC(C)(C)CN)O1. The minimum atomic E-state index is -0.0697. The summed E-state index contributed by atoms with van der Waals surface area (Å²) in [5.41, 5.74) is 5.50. The topological polar surface area (TPSA) is 55.6 Å². The lowest BCUT2D eigenvalue weighted by Crippen LogP contribution is -2.38. The Morgan fingerprint density at radius 3 is 2.69 bits per heavy atom. The maximum absolute atomic E-state index is 11.3. The van der Waals surface area contributed by atoms with Gasteiger partial charge >= 0.3 is 0 Å². The van der Waals surface area contributed by atoms with Crippen LogP contribution in [0.5, 0.6) is 0 Å². The lowest BCUT2D eigenvalue weighted by molar-refractivity contribution is -0.178. The quantitative estimate of drug-likeness (QED) is 0.699. The van der Waals surface area contributed by atoms with Gasteiger partial charge < -0.3 is 5.73 Å². The minimum absolute atomic E-state index is 0.0149. The summed E-state index contributed by atoms with van der Waals surface area (Å²) in [4.78, 5) is 16.7. The Bertz CT molecular complexity index is 204. The molecule has 0 bridgehead atoms. The molecule has 0 aromatic heterocycles. The molecule has 0 aliphatic carbocycles. The van der Waals surface area contributed by atoms with Gasteiger partial charge in [0.05, 0.1) is 19.1 Å². The van der Waals surface area contributed by atoms with Gasteiger partial charge in [-0.05, 0) is 18.9 Å². The first kappa shape index (κ1) is 10.5. The highest BCUT2D eigenvalue weighted by atomic mass is 16.7. The zero-order chi connectivity index (χ0) is 10.1. The van der Waals surface area contributed by atoms with E-state index in [-0.39, 0.29) is 17.4 Å². The Morgan fingerprint density at radius 2 is 2.31 bits per heavy atom. The fourth-order valence-corrected chi connectivity index (χ4v) is 1.24. The van der Waals surface area contributed by atoms with Crippen molar-refractivity contribution in [2.75, 3.05) is 13.1 Å². The van der Waals surface area contributed by atoms with Crippen LogP contribution in [0, 0.1) is 5.41 Å². The van der Waals surface area contributed by atoms with Crippen molar-refractivity contribution < 1.29 is 9.63 Å². The largest absolute Gasteiger partial charge is 0.330 e. The van der Waals surface area contributed by atoms with Crippen LogP contribution in [0.2, 0.25) is 0 Å². The number of rotatable bonds is 3. The second kappa shape index (κ2) is 3.64. The molecule has 1 unspecified atom stereocenters. The molecule has 1 amide bonds. The van der Waals surface area contributed by atoms with Crippen LogP contribution in [-0.4, -0.2) is 30.2 Å². The fourth-order valence-electron chi connectivity index (χ4n) is 1.24. The molecule has 4 nitrogen and oxygen atoms in total. The van der Waals surface area contributed by atoms with Crippen LogP contribution in [0.25, 0.3) is 0 Å². The Balaban J connectivity index is 2.50. The lowest BCUT2D eigenvalue weighted by atomic mass is 9.94. The smallest absolute Gasteiger partial charge is 0.248 e. The van der Waals surface area contributed by atoms with Gasteiger partial charge in [-0.3, -0.25) is 9.63 Å². The van der Waals surface area contributed by atoms with E-state index in [2.05, 4.69) is 0 Å². The van der Waals surface area contributed by atoms with E-state index < -0.39 is 0 Å². The molecule has 1 aliphatic rings. The third kappa shape index (κ3) is 2.67. The van der Waals surface area contributed by atoms with E-state index in [4.69, 9.17) is 10.6 Å². The minimum Gasteiger partial charge on any atom is -0.330 e. The second-order valence-electron chi connectivity index (χ2n) is 4.42. The molecule has 1 heterocycles. The lowest BCUT2D eigenvalue weighted by Gasteiger charge is -2.27. The highest BCUT2D eigenvalue weighted by Gasteiger charge is 2.32. The van der Waals surface area contributed by atoms with Crippen molar-refractivity contribution in [2.24, 2.45) is 11.1 Å². The molecule has 1 rings (SSSR count). The van der Waals surface area contributed by atoms with E-state index in [0.717, 1.165) is 0 Å². The summed E-state index contributed by atoms with van der Waals surface area (Å²) in [6.07, 6.45) is 0.502. The predicted molar refractivity (Wildman–Crippen MR) is 49.7 cm³/mol. The molecule has 4 heteroatoms. The summed E-state index contributed by atoms with van der Waals surface area (Å²) in [6.45, 7) is 7.06. The molecule has 0 saturated carbocycles. The van der Waals surface area contributed by atoms with Crippen molar-refractivity contribution in [3.05, 3.63) is 0 Å². The van der Waals surface area contributed by atoms with Crippen molar-refractivity contribution in [1.82, 2.24) is 5.06 Å². The molecule has 1 saturated heterocycles. The second-order valence-corrected chi connectivity index (χ2v) is 4.42. The summed E-state index contributed by atoms with van der Waals surface area (Å²) >= 11 is 0. The number of hydroxylamine groups is 2. The first-order valence-electron chi connectivity index (χ1n) is 4.62. The van der Waals surface area contributed by atoms with Crippen LogP contribution in [0.3, 0.4) is 0 Å². The Kier molecular flexibility index (Phi) is 2.93. The first-order chi connectivity index (χ1) is 5.94. The average molecular weight is 186 g/mol. The molecule has 1 atom stereocenters. The zero-order valence-corrected chi connectivity index (χ0v) is 8.54. The third-order valence-electron chi connectivity index (χ3n) is 2.17. The Labute approximate surface area is 79.0 Å². The first-order valence-corrected chi connectivity index (χ1v) is 4.62. The maximum atomic E-state index is 11.3. The van der Waals surface area contributed by atoms with Crippen molar-refractivity contribution in [3.63, 3.8) is 0 Å². The van der Waals surface area contributed by atoms with Crippen LogP contribution >= 0.6 is 0 Å². The van der Waals surface area contributed by atoms with Crippen molar-refractivity contribution >= 4 is 5.91 Å². The van der Waals surface area contributed by atoms with Gasteiger partial charge in [-0.2, -0.15) is 0 Å². The summed E-state index contributed by atoms with van der Waals surface area (Å²) in [6, 6.07) is 0. The number of nitrogens with two attached hydrogens (primary N) is 1.